The smallest absolute Gasteiger partial charge is 0.462 e. The lowest BCUT2D eigenvalue weighted by atomic mass is 10.0. The summed E-state index contributed by atoms with van der Waals surface area (Å²) in [6.45, 7) is 2.20. The second-order valence-electron chi connectivity index (χ2n) is 15.4. The highest BCUT2D eigenvalue weighted by Crippen LogP contribution is 2.43. The molecule has 0 aromatic heterocycles. The summed E-state index contributed by atoms with van der Waals surface area (Å²) in [4.78, 5) is 35.0. The van der Waals surface area contributed by atoms with Gasteiger partial charge in [-0.1, -0.05) is 196 Å². The molecule has 346 valence electrons. The van der Waals surface area contributed by atoms with Crippen molar-refractivity contribution in [1.29, 1.82) is 0 Å². The van der Waals surface area contributed by atoms with Crippen LogP contribution in [0.4, 0.5) is 0 Å². The second kappa shape index (κ2) is 44.5. The maximum atomic E-state index is 12.6. The van der Waals surface area contributed by atoms with E-state index < -0.39 is 51.8 Å². The Morgan fingerprint density at radius 3 is 1.35 bits per heavy atom. The van der Waals surface area contributed by atoms with Gasteiger partial charge >= 0.3 is 19.8 Å². The van der Waals surface area contributed by atoms with Crippen molar-refractivity contribution in [2.45, 2.75) is 199 Å². The molecule has 0 aromatic rings. The molecule has 0 aliphatic carbocycles. The largest absolute Gasteiger partial charge is 0.472 e. The minimum atomic E-state index is -4.64. The molecule has 0 rings (SSSR count). The Morgan fingerprint density at radius 2 is 0.917 bits per heavy atom. The van der Waals surface area contributed by atoms with E-state index >= 15 is 0 Å². The first-order valence-corrected chi connectivity index (χ1v) is 24.9. The summed E-state index contributed by atoms with van der Waals surface area (Å²) >= 11 is 0. The Bertz CT molecular complexity index is 1220. The number of allylic oxidation sites excluding steroid dienone is 12. The van der Waals surface area contributed by atoms with E-state index in [0.717, 1.165) is 57.8 Å². The molecule has 0 bridgehead atoms. The normalized spacial score (nSPS) is 14.4. The molecule has 0 saturated heterocycles. The first kappa shape index (κ1) is 57.4. The topological polar surface area (TPSA) is 149 Å². The van der Waals surface area contributed by atoms with Crippen LogP contribution in [0.3, 0.4) is 0 Å². The number of carbonyl (C=O) groups is 2. The average Bonchev–Trinajstić information content (AvgIpc) is 3.24. The van der Waals surface area contributed by atoms with Gasteiger partial charge in [-0.2, -0.15) is 0 Å². The SMILES string of the molecule is CC/C=C/C/C=C/C/C=C/C/C=C/C/C=C/C/C=C/CCC(=O)OC[C@H](COP(=O)(O)OC[C@@H](O)CO)OC(=O)CCCCCCCCCCCCCCCCCCCC. The zero-order valence-electron chi connectivity index (χ0n) is 37.6. The number of aliphatic hydroxyl groups is 2. The van der Waals surface area contributed by atoms with Gasteiger partial charge in [-0.05, 0) is 51.4 Å². The zero-order valence-corrected chi connectivity index (χ0v) is 38.5. The van der Waals surface area contributed by atoms with Crippen LogP contribution in [0.25, 0.3) is 0 Å². The number of rotatable bonds is 43. The van der Waals surface area contributed by atoms with Crippen LogP contribution in [-0.2, 0) is 32.7 Å². The number of carbonyl (C=O) groups excluding carboxylic acids is 2. The summed E-state index contributed by atoms with van der Waals surface area (Å²) in [6.07, 6.45) is 51.7. The van der Waals surface area contributed by atoms with E-state index in [9.17, 15) is 24.2 Å². The van der Waals surface area contributed by atoms with E-state index in [1.807, 2.05) is 12.2 Å². The van der Waals surface area contributed by atoms with Crippen LogP contribution in [0.2, 0.25) is 0 Å². The Morgan fingerprint density at radius 1 is 0.517 bits per heavy atom. The molecule has 0 aliphatic rings. The molecule has 3 atom stereocenters. The number of ether oxygens (including phenoxy) is 2. The molecule has 11 heteroatoms. The van der Waals surface area contributed by atoms with Crippen molar-refractivity contribution in [3.63, 3.8) is 0 Å². The maximum absolute atomic E-state index is 12.6. The third-order valence-electron chi connectivity index (χ3n) is 9.64. The van der Waals surface area contributed by atoms with Gasteiger partial charge in [0.2, 0.25) is 0 Å². The number of phosphoric ester groups is 1. The van der Waals surface area contributed by atoms with Gasteiger partial charge in [0, 0.05) is 12.8 Å². The van der Waals surface area contributed by atoms with Crippen LogP contribution in [0.5, 0.6) is 0 Å². The highest BCUT2D eigenvalue weighted by molar-refractivity contribution is 7.47. The third-order valence-corrected chi connectivity index (χ3v) is 10.6. The fraction of sp³-hybridized carbons (Fsp3) is 0.714. The fourth-order valence-electron chi connectivity index (χ4n) is 6.08. The summed E-state index contributed by atoms with van der Waals surface area (Å²) in [5, 5.41) is 18.4. The van der Waals surface area contributed by atoms with Gasteiger partial charge in [-0.25, -0.2) is 4.57 Å². The summed E-state index contributed by atoms with van der Waals surface area (Å²) in [5.74, 6) is -1.02. The number of hydrogen-bond donors (Lipinski definition) is 3. The van der Waals surface area contributed by atoms with Gasteiger partial charge in [0.05, 0.1) is 19.8 Å². The quantitative estimate of drug-likeness (QED) is 0.0234. The van der Waals surface area contributed by atoms with Crippen molar-refractivity contribution < 1.29 is 47.8 Å². The van der Waals surface area contributed by atoms with Gasteiger partial charge < -0.3 is 24.6 Å². The molecule has 60 heavy (non-hydrogen) atoms. The minimum absolute atomic E-state index is 0.115. The predicted molar refractivity (Wildman–Crippen MR) is 247 cm³/mol. The second-order valence-corrected chi connectivity index (χ2v) is 16.9. The lowest BCUT2D eigenvalue weighted by Gasteiger charge is -2.20. The van der Waals surface area contributed by atoms with Gasteiger partial charge in [-0.3, -0.25) is 18.6 Å². The number of phosphoric acid groups is 1. The first-order valence-electron chi connectivity index (χ1n) is 23.4. The zero-order chi connectivity index (χ0) is 44.0. The molecule has 0 spiro atoms. The Labute approximate surface area is 365 Å². The number of hydrogen-bond acceptors (Lipinski definition) is 9. The van der Waals surface area contributed by atoms with Gasteiger partial charge in [0.15, 0.2) is 6.10 Å². The fourth-order valence-corrected chi connectivity index (χ4v) is 6.87. The van der Waals surface area contributed by atoms with Crippen molar-refractivity contribution in [3.05, 3.63) is 72.9 Å². The molecule has 0 heterocycles. The van der Waals surface area contributed by atoms with E-state index in [1.54, 1.807) is 0 Å². The van der Waals surface area contributed by atoms with E-state index in [0.29, 0.717) is 12.8 Å². The third kappa shape index (κ3) is 43.5. The van der Waals surface area contributed by atoms with Crippen LogP contribution in [-0.4, -0.2) is 65.7 Å². The molecular weight excluding hydrogens is 780 g/mol. The van der Waals surface area contributed by atoms with Crippen molar-refractivity contribution in [1.82, 2.24) is 0 Å². The van der Waals surface area contributed by atoms with E-state index in [2.05, 4.69) is 74.6 Å². The number of unbranched alkanes of at least 4 members (excludes halogenated alkanes) is 17. The average molecular weight is 865 g/mol. The summed E-state index contributed by atoms with van der Waals surface area (Å²) in [7, 11) is -4.64. The summed E-state index contributed by atoms with van der Waals surface area (Å²) in [6, 6.07) is 0. The van der Waals surface area contributed by atoms with Crippen LogP contribution >= 0.6 is 7.82 Å². The van der Waals surface area contributed by atoms with E-state index in [-0.39, 0.29) is 19.4 Å². The molecule has 0 radical (unpaired) electrons. The minimum Gasteiger partial charge on any atom is -0.462 e. The van der Waals surface area contributed by atoms with Crippen molar-refractivity contribution in [2.75, 3.05) is 26.4 Å². The van der Waals surface area contributed by atoms with Crippen molar-refractivity contribution >= 4 is 19.8 Å². The van der Waals surface area contributed by atoms with Crippen LogP contribution < -0.4 is 0 Å². The highest BCUT2D eigenvalue weighted by atomic mass is 31.2. The molecule has 0 aromatic carbocycles. The van der Waals surface area contributed by atoms with Gasteiger partial charge in [-0.15, -0.1) is 0 Å². The predicted octanol–water partition coefficient (Wildman–Crippen LogP) is 12.8. The lowest BCUT2D eigenvalue weighted by Crippen LogP contribution is -2.29. The van der Waals surface area contributed by atoms with Crippen molar-refractivity contribution in [3.8, 4) is 0 Å². The molecule has 0 fully saturated rings. The Balaban J connectivity index is 4.36. The van der Waals surface area contributed by atoms with Crippen LogP contribution in [0.15, 0.2) is 72.9 Å². The standard InChI is InChI=1S/C49H85O10P/c1-3-5-7-9-11-13-15-17-19-21-23-25-26-28-30-32-34-36-38-40-48(52)56-44-47(45-58-60(54,55)57-43-46(51)42-50)59-49(53)41-39-37-35-33-31-29-27-24-22-20-18-16-14-12-10-8-6-4-2/h5,7,11,13,17,19,23,25,28,30,34,36,46-47,50-51H,3-4,6,8-10,12,14-16,18,20-22,24,26-27,29,31-33,35,37-45H2,1-2H3,(H,54,55)/b7-5+,13-11+,19-17+,25-23+,30-28+,36-34+/t46-,47+/m0/s1. The lowest BCUT2D eigenvalue weighted by molar-refractivity contribution is -0.161. The molecule has 0 amide bonds. The first-order chi connectivity index (χ1) is 29.2. The summed E-state index contributed by atoms with van der Waals surface area (Å²) in [5.41, 5.74) is 0. The Hall–Kier alpha value is -2.59. The molecular formula is C49H85O10P. The van der Waals surface area contributed by atoms with E-state index in [1.165, 1.54) is 89.9 Å². The Kier molecular flexibility index (Phi) is 42.5. The number of aliphatic hydroxyl groups excluding tert-OH is 2. The summed E-state index contributed by atoms with van der Waals surface area (Å²) < 4.78 is 32.7. The van der Waals surface area contributed by atoms with Crippen LogP contribution in [0.1, 0.15) is 187 Å². The molecule has 0 aliphatic heterocycles. The number of esters is 2. The maximum Gasteiger partial charge on any atom is 0.472 e. The van der Waals surface area contributed by atoms with Crippen LogP contribution in [0, 0.1) is 0 Å². The monoisotopic (exact) mass is 865 g/mol. The molecule has 1 unspecified atom stereocenters. The van der Waals surface area contributed by atoms with Gasteiger partial charge in [0.1, 0.15) is 12.7 Å². The molecule has 10 nitrogen and oxygen atoms in total. The highest BCUT2D eigenvalue weighted by Gasteiger charge is 2.27. The van der Waals surface area contributed by atoms with Gasteiger partial charge in [0.25, 0.3) is 0 Å². The van der Waals surface area contributed by atoms with E-state index in [4.69, 9.17) is 23.6 Å². The van der Waals surface area contributed by atoms with Crippen molar-refractivity contribution in [2.24, 2.45) is 0 Å². The molecule has 0 saturated carbocycles. The molecule has 3 N–H and O–H groups in total.